The quantitative estimate of drug-likeness (QED) is 0.664. The molecule has 9 heteroatoms. The molecule has 0 unspecified atom stereocenters. The van der Waals surface area contributed by atoms with Gasteiger partial charge in [-0.3, -0.25) is 9.36 Å². The number of amides is 1. The number of hydrogen-bond acceptors (Lipinski definition) is 6. The fourth-order valence-electron chi connectivity index (χ4n) is 2.57. The van der Waals surface area contributed by atoms with Gasteiger partial charge in [0.05, 0.1) is 6.54 Å². The Bertz CT molecular complexity index is 941. The van der Waals surface area contributed by atoms with Crippen LogP contribution in [0.1, 0.15) is 23.2 Å². The van der Waals surface area contributed by atoms with Crippen LogP contribution < -0.4 is 11.0 Å². The van der Waals surface area contributed by atoms with E-state index in [1.54, 1.807) is 18.4 Å². The van der Waals surface area contributed by atoms with E-state index in [0.717, 1.165) is 16.7 Å². The van der Waals surface area contributed by atoms with Crippen molar-refractivity contribution in [3.05, 3.63) is 64.0 Å². The van der Waals surface area contributed by atoms with Gasteiger partial charge in [0.1, 0.15) is 12.4 Å². The van der Waals surface area contributed by atoms with Crippen molar-refractivity contribution in [3.8, 4) is 0 Å². The van der Waals surface area contributed by atoms with E-state index in [1.165, 1.54) is 0 Å². The lowest BCUT2D eigenvalue weighted by Crippen LogP contribution is -2.33. The van der Waals surface area contributed by atoms with Crippen LogP contribution in [0.25, 0.3) is 0 Å². The molecule has 0 radical (unpaired) electrons. The maximum Gasteiger partial charge on any atom is 0.346 e. The highest BCUT2D eigenvalue weighted by atomic mass is 16.4. The summed E-state index contributed by atoms with van der Waals surface area (Å²) in [6.07, 6.45) is 0.718. The van der Waals surface area contributed by atoms with Crippen molar-refractivity contribution in [2.75, 3.05) is 0 Å². The van der Waals surface area contributed by atoms with E-state index >= 15 is 0 Å². The monoisotopic (exact) mass is 356 g/mol. The van der Waals surface area contributed by atoms with Gasteiger partial charge in [-0.15, -0.1) is 10.2 Å². The van der Waals surface area contributed by atoms with Gasteiger partial charge in [-0.2, -0.15) is 5.10 Å². The first kappa shape index (κ1) is 17.6. The van der Waals surface area contributed by atoms with E-state index in [1.807, 2.05) is 30.3 Å². The minimum atomic E-state index is -0.351. The van der Waals surface area contributed by atoms with Gasteiger partial charge in [-0.1, -0.05) is 30.3 Å². The molecule has 0 aliphatic rings. The summed E-state index contributed by atoms with van der Waals surface area (Å²) in [4.78, 5) is 24.5. The minimum Gasteiger partial charge on any atom is -0.424 e. The largest absolute Gasteiger partial charge is 0.424 e. The zero-order chi connectivity index (χ0) is 18.5. The number of hydrogen-bond donors (Lipinski definition) is 1. The molecule has 0 saturated heterocycles. The number of benzene rings is 1. The molecule has 2 heterocycles. The smallest absolute Gasteiger partial charge is 0.346 e. The van der Waals surface area contributed by atoms with Crippen LogP contribution in [-0.2, 0) is 30.8 Å². The van der Waals surface area contributed by atoms with Crippen LogP contribution in [-0.4, -0.2) is 30.5 Å². The van der Waals surface area contributed by atoms with Gasteiger partial charge in [-0.25, -0.2) is 9.48 Å². The summed E-state index contributed by atoms with van der Waals surface area (Å²) in [7, 11) is 0. The standard InChI is InChI=1S/C17H20N6O3/c1-12-21-23(11-15(24)18-10-16-20-19-13(2)26-16)17(25)22(12)9-8-14-6-4-3-5-7-14/h3-7H,8-11H2,1-2H3,(H,18,24). The van der Waals surface area contributed by atoms with Crippen molar-refractivity contribution < 1.29 is 9.21 Å². The Morgan fingerprint density at radius 1 is 1.19 bits per heavy atom. The van der Waals surface area contributed by atoms with Crippen LogP contribution in [0.2, 0.25) is 0 Å². The maximum atomic E-state index is 12.5. The van der Waals surface area contributed by atoms with Gasteiger partial charge in [0.2, 0.25) is 17.7 Å². The molecule has 0 fully saturated rings. The van der Waals surface area contributed by atoms with Crippen LogP contribution >= 0.6 is 0 Å². The predicted octanol–water partition coefficient (Wildman–Crippen LogP) is 0.604. The van der Waals surface area contributed by atoms with Crippen LogP contribution in [0.5, 0.6) is 0 Å². The Kier molecular flexibility index (Phi) is 5.26. The fraction of sp³-hybridized carbons (Fsp3) is 0.353. The van der Waals surface area contributed by atoms with Crippen molar-refractivity contribution in [1.29, 1.82) is 0 Å². The lowest BCUT2D eigenvalue weighted by molar-refractivity contribution is -0.122. The third kappa shape index (κ3) is 4.24. The highest BCUT2D eigenvalue weighted by Crippen LogP contribution is 2.02. The summed E-state index contributed by atoms with van der Waals surface area (Å²) in [5.74, 6) is 0.966. The van der Waals surface area contributed by atoms with Gasteiger partial charge in [0, 0.05) is 13.5 Å². The van der Waals surface area contributed by atoms with Crippen molar-refractivity contribution in [1.82, 2.24) is 29.9 Å². The minimum absolute atomic E-state index is 0.113. The van der Waals surface area contributed by atoms with Crippen LogP contribution in [0, 0.1) is 13.8 Å². The van der Waals surface area contributed by atoms with E-state index in [4.69, 9.17) is 4.42 Å². The Morgan fingerprint density at radius 2 is 1.96 bits per heavy atom. The lowest BCUT2D eigenvalue weighted by atomic mass is 10.1. The number of aryl methyl sites for hydroxylation is 3. The molecule has 1 N–H and O–H groups in total. The molecular formula is C17H20N6O3. The molecule has 2 aromatic heterocycles. The molecule has 136 valence electrons. The average Bonchev–Trinajstić information content (AvgIpc) is 3.16. The average molecular weight is 356 g/mol. The van der Waals surface area contributed by atoms with E-state index in [-0.39, 0.29) is 24.7 Å². The summed E-state index contributed by atoms with van der Waals surface area (Å²) >= 11 is 0. The highest BCUT2D eigenvalue weighted by molar-refractivity contribution is 5.75. The molecular weight excluding hydrogens is 336 g/mol. The number of nitrogens with zero attached hydrogens (tertiary/aromatic N) is 5. The molecule has 1 amide bonds. The Labute approximate surface area is 149 Å². The molecule has 0 atom stereocenters. The summed E-state index contributed by atoms with van der Waals surface area (Å²) in [5, 5.41) is 14.3. The molecule has 3 aromatic rings. The second-order valence-electron chi connectivity index (χ2n) is 5.87. The number of nitrogens with one attached hydrogen (secondary N) is 1. The summed E-state index contributed by atoms with van der Waals surface area (Å²) in [6, 6.07) is 9.90. The van der Waals surface area contributed by atoms with Crippen LogP contribution in [0.4, 0.5) is 0 Å². The first-order valence-electron chi connectivity index (χ1n) is 8.27. The van der Waals surface area contributed by atoms with Crippen LogP contribution in [0.3, 0.4) is 0 Å². The zero-order valence-electron chi connectivity index (χ0n) is 14.7. The second kappa shape index (κ2) is 7.77. The molecule has 0 aliphatic carbocycles. The molecule has 3 rings (SSSR count). The van der Waals surface area contributed by atoms with Gasteiger partial charge in [0.25, 0.3) is 0 Å². The van der Waals surface area contributed by atoms with Gasteiger partial charge < -0.3 is 9.73 Å². The molecule has 9 nitrogen and oxygen atoms in total. The predicted molar refractivity (Wildman–Crippen MR) is 92.3 cm³/mol. The second-order valence-corrected chi connectivity index (χ2v) is 5.87. The number of rotatable bonds is 7. The normalized spacial score (nSPS) is 10.8. The van der Waals surface area contributed by atoms with Crippen molar-refractivity contribution >= 4 is 5.91 Å². The number of aromatic nitrogens is 5. The number of carbonyl (C=O) groups excluding carboxylic acids is 1. The Morgan fingerprint density at radius 3 is 2.65 bits per heavy atom. The Balaban J connectivity index is 1.60. The summed E-state index contributed by atoms with van der Waals surface area (Å²) < 4.78 is 7.91. The summed E-state index contributed by atoms with van der Waals surface area (Å²) in [5.41, 5.74) is 0.835. The van der Waals surface area contributed by atoms with Gasteiger partial charge in [-0.05, 0) is 18.9 Å². The van der Waals surface area contributed by atoms with E-state index in [9.17, 15) is 9.59 Å². The first-order valence-corrected chi connectivity index (χ1v) is 8.27. The zero-order valence-corrected chi connectivity index (χ0v) is 14.7. The molecule has 0 saturated carbocycles. The maximum absolute atomic E-state index is 12.5. The first-order chi connectivity index (χ1) is 12.5. The third-order valence-electron chi connectivity index (χ3n) is 3.87. The molecule has 0 spiro atoms. The van der Waals surface area contributed by atoms with Gasteiger partial charge >= 0.3 is 5.69 Å². The SMILES string of the molecule is Cc1nnc(CNC(=O)Cn2nc(C)n(CCc3ccccc3)c2=O)o1. The van der Waals surface area contributed by atoms with Crippen molar-refractivity contribution in [2.24, 2.45) is 0 Å². The van der Waals surface area contributed by atoms with E-state index < -0.39 is 0 Å². The lowest BCUT2D eigenvalue weighted by Gasteiger charge is -2.03. The van der Waals surface area contributed by atoms with E-state index in [0.29, 0.717) is 24.2 Å². The highest BCUT2D eigenvalue weighted by Gasteiger charge is 2.13. The topological polar surface area (TPSA) is 108 Å². The van der Waals surface area contributed by atoms with Crippen LogP contribution in [0.15, 0.2) is 39.5 Å². The van der Waals surface area contributed by atoms with Crippen molar-refractivity contribution in [2.45, 2.75) is 39.9 Å². The molecule has 0 bridgehead atoms. The van der Waals surface area contributed by atoms with Gasteiger partial charge in [0.15, 0.2) is 0 Å². The number of carbonyl (C=O) groups is 1. The van der Waals surface area contributed by atoms with Crippen molar-refractivity contribution in [3.63, 3.8) is 0 Å². The Hall–Kier alpha value is -3.23. The third-order valence-corrected chi connectivity index (χ3v) is 3.87. The van der Waals surface area contributed by atoms with E-state index in [2.05, 4.69) is 20.6 Å². The molecule has 26 heavy (non-hydrogen) atoms. The molecule has 0 aliphatic heterocycles. The fourth-order valence-corrected chi connectivity index (χ4v) is 2.57. The molecule has 1 aromatic carbocycles. The summed E-state index contributed by atoms with van der Waals surface area (Å²) in [6.45, 7) is 3.88.